The van der Waals surface area contributed by atoms with Gasteiger partial charge in [0, 0.05) is 58.4 Å². The molecule has 3 N–H and O–H groups in total. The van der Waals surface area contributed by atoms with Crippen molar-refractivity contribution in [1.29, 1.82) is 0 Å². The molecule has 0 unspecified atom stereocenters. The molecule has 0 spiro atoms. The van der Waals surface area contributed by atoms with Crippen LogP contribution in [0.4, 0.5) is 13.6 Å². The number of aryl methyl sites for hydroxylation is 2. The first kappa shape index (κ1) is 52.6. The van der Waals surface area contributed by atoms with Gasteiger partial charge >= 0.3 is 18.4 Å². The number of ether oxygens (including phenoxy) is 1. The maximum Gasteiger partial charge on any atom is 0.407 e. The average molecular weight is 850 g/mol. The van der Waals surface area contributed by atoms with E-state index >= 15 is 0 Å². The van der Waals surface area contributed by atoms with Gasteiger partial charge in [0.05, 0.1) is 0 Å². The molecule has 0 fully saturated rings. The zero-order valence-electron chi connectivity index (χ0n) is 32.9. The van der Waals surface area contributed by atoms with Gasteiger partial charge < -0.3 is 24.9 Å². The molecule has 5 aromatic rings. The van der Waals surface area contributed by atoms with Gasteiger partial charge in [0.15, 0.2) is 0 Å². The molecule has 0 bridgehead atoms. The number of nitrogens with two attached hydrogens (primary N) is 1. The van der Waals surface area contributed by atoms with Crippen molar-refractivity contribution in [1.82, 2.24) is 14.5 Å². The number of alkyl carbamates (subject to hydrolysis) is 1. The largest absolute Gasteiger partial charge is 0.445 e. The lowest BCUT2D eigenvalue weighted by Crippen LogP contribution is -2.39. The van der Waals surface area contributed by atoms with E-state index in [0.717, 1.165) is 91.0 Å². The fraction of sp³-hybridized carbons (Fsp3) is 0.405. The summed E-state index contributed by atoms with van der Waals surface area (Å²) in [5.74, 6) is -0.376. The normalized spacial score (nSPS) is 14.3. The monoisotopic (exact) mass is 848 g/mol. The Morgan fingerprint density at radius 3 is 1.70 bits per heavy atom. The first-order valence-electron chi connectivity index (χ1n) is 18.5. The predicted octanol–water partition coefficient (Wildman–Crippen LogP) is 8.49. The van der Waals surface area contributed by atoms with Crippen molar-refractivity contribution >= 4 is 79.6 Å². The standard InChI is InChI=1S/C23H25FN2O2.C15H19FN2.C2H6.2CO2.ClH.2H2S/c1-2-12-26-21-10-8-17(24)13-19(21)20-14-18(9-11-22(20)26)25-23(27)28-15-16-6-4-3-5-7-16;1-2-7-18-14-5-3-10(16)8-12(14)13-9-11(17)4-6-15(13)18;1-2;2*2-1-3;;;/h3-8,10,13,18H,2,9,11-12,14-15H2,1H3,(H,25,27);3,5,8,11H,2,4,6-7,9,17H2,1H3;1-2H3;;;1H;2*1H2/t18-;11-;;;;;;/m00....../s1. The molecule has 3 aromatic carbocycles. The highest BCUT2D eigenvalue weighted by molar-refractivity contribution is 7.59. The summed E-state index contributed by atoms with van der Waals surface area (Å²) in [7, 11) is 0. The average Bonchev–Trinajstić information content (AvgIpc) is 3.63. The molecule has 2 atom stereocenters. The molecule has 7 rings (SSSR count). The highest BCUT2D eigenvalue weighted by Crippen LogP contribution is 2.34. The second-order valence-corrected chi connectivity index (χ2v) is 12.8. The highest BCUT2D eigenvalue weighted by Gasteiger charge is 2.27. The van der Waals surface area contributed by atoms with E-state index in [4.69, 9.17) is 29.6 Å². The number of carbonyl (C=O) groups excluding carboxylic acids is 5. The Morgan fingerprint density at radius 2 is 1.23 bits per heavy atom. The topological polar surface area (TPSA) is 142 Å². The predicted molar refractivity (Wildman–Crippen MR) is 229 cm³/mol. The number of hydrogen-bond acceptors (Lipinski definition) is 7. The summed E-state index contributed by atoms with van der Waals surface area (Å²) in [5, 5.41) is 5.02. The van der Waals surface area contributed by atoms with Crippen molar-refractivity contribution in [2.45, 2.75) is 111 Å². The van der Waals surface area contributed by atoms with Crippen LogP contribution >= 0.6 is 39.4 Å². The van der Waals surface area contributed by atoms with E-state index in [0.29, 0.717) is 6.42 Å². The van der Waals surface area contributed by atoms with Gasteiger partial charge in [0.2, 0.25) is 0 Å². The Morgan fingerprint density at radius 1 is 0.772 bits per heavy atom. The Balaban J connectivity index is 0.000000937. The van der Waals surface area contributed by atoms with Crippen LogP contribution in [-0.4, -0.2) is 39.6 Å². The van der Waals surface area contributed by atoms with Crippen LogP contribution < -0.4 is 11.1 Å². The number of carbonyl (C=O) groups is 1. The summed E-state index contributed by atoms with van der Waals surface area (Å²) < 4.78 is 37.4. The van der Waals surface area contributed by atoms with Crippen LogP contribution in [0.1, 0.15) is 81.5 Å². The molecule has 2 aliphatic rings. The van der Waals surface area contributed by atoms with E-state index in [-0.39, 0.29) is 82.0 Å². The zero-order valence-corrected chi connectivity index (χ0v) is 35.7. The van der Waals surface area contributed by atoms with Gasteiger partial charge in [-0.05, 0) is 104 Å². The molecule has 0 aliphatic heterocycles. The third-order valence-corrected chi connectivity index (χ3v) is 9.32. The van der Waals surface area contributed by atoms with Crippen LogP contribution in [-0.2, 0) is 69.3 Å². The van der Waals surface area contributed by atoms with Crippen LogP contribution in [0.15, 0.2) is 66.7 Å². The molecular formula is C42H55ClF2N4O6S2. The van der Waals surface area contributed by atoms with Gasteiger partial charge in [-0.3, -0.25) is 0 Å². The van der Waals surface area contributed by atoms with Crippen LogP contribution in [0.25, 0.3) is 21.8 Å². The molecule has 0 saturated carbocycles. The number of nitrogens with zero attached hydrogens (tertiary/aromatic N) is 2. The molecule has 10 nitrogen and oxygen atoms in total. The van der Waals surface area contributed by atoms with Crippen molar-refractivity contribution < 1.29 is 37.5 Å². The Labute approximate surface area is 353 Å². The molecule has 312 valence electrons. The van der Waals surface area contributed by atoms with Gasteiger partial charge in [0.1, 0.15) is 18.2 Å². The third-order valence-electron chi connectivity index (χ3n) is 9.32. The number of amides is 1. The summed E-state index contributed by atoms with van der Waals surface area (Å²) in [5.41, 5.74) is 14.3. The minimum absolute atomic E-state index is 0. The number of aromatic nitrogens is 2. The molecular weight excluding hydrogens is 794 g/mol. The Hall–Kier alpha value is -4.42. The van der Waals surface area contributed by atoms with Gasteiger partial charge in [-0.2, -0.15) is 46.2 Å². The van der Waals surface area contributed by atoms with Crippen molar-refractivity contribution in [2.75, 3.05) is 0 Å². The van der Waals surface area contributed by atoms with Crippen LogP contribution in [0.2, 0.25) is 0 Å². The molecule has 1 amide bonds. The van der Waals surface area contributed by atoms with Crippen molar-refractivity contribution in [3.8, 4) is 0 Å². The Bertz CT molecular complexity index is 2040. The van der Waals surface area contributed by atoms with Crippen LogP contribution in [0.3, 0.4) is 0 Å². The maximum atomic E-state index is 13.9. The number of nitrogens with one attached hydrogen (secondary N) is 1. The number of benzene rings is 3. The van der Waals surface area contributed by atoms with E-state index in [1.165, 1.54) is 23.0 Å². The third kappa shape index (κ3) is 14.2. The van der Waals surface area contributed by atoms with Gasteiger partial charge in [-0.1, -0.05) is 58.0 Å². The van der Waals surface area contributed by atoms with Gasteiger partial charge in [-0.25, -0.2) is 13.6 Å². The zero-order chi connectivity index (χ0) is 39.6. The quantitative estimate of drug-likeness (QED) is 0.167. The molecule has 57 heavy (non-hydrogen) atoms. The lowest BCUT2D eigenvalue weighted by Gasteiger charge is -2.24. The second kappa shape index (κ2) is 27.3. The smallest absolute Gasteiger partial charge is 0.407 e. The summed E-state index contributed by atoms with van der Waals surface area (Å²) >= 11 is 0. The van der Waals surface area contributed by atoms with Crippen molar-refractivity contribution in [3.05, 3.63) is 106 Å². The Kier molecular flexibility index (Phi) is 25.1. The number of hydrogen-bond donors (Lipinski definition) is 2. The first-order valence-corrected chi connectivity index (χ1v) is 18.5. The van der Waals surface area contributed by atoms with Crippen LogP contribution in [0.5, 0.6) is 0 Å². The minimum Gasteiger partial charge on any atom is -0.445 e. The summed E-state index contributed by atoms with van der Waals surface area (Å²) in [6.07, 6.45) is 7.59. The fourth-order valence-corrected chi connectivity index (χ4v) is 7.28. The maximum absolute atomic E-state index is 13.9. The van der Waals surface area contributed by atoms with E-state index in [1.54, 1.807) is 18.2 Å². The highest BCUT2D eigenvalue weighted by atomic mass is 35.5. The second-order valence-electron chi connectivity index (χ2n) is 12.8. The number of halogens is 3. The molecule has 0 saturated heterocycles. The van der Waals surface area contributed by atoms with Crippen molar-refractivity contribution in [3.63, 3.8) is 0 Å². The molecule has 2 aliphatic carbocycles. The summed E-state index contributed by atoms with van der Waals surface area (Å²) in [6, 6.07) is 20.0. The molecule has 15 heteroatoms. The van der Waals surface area contributed by atoms with E-state index in [1.807, 2.05) is 56.3 Å². The fourth-order valence-electron chi connectivity index (χ4n) is 7.28. The van der Waals surface area contributed by atoms with Gasteiger partial charge in [0.25, 0.3) is 0 Å². The van der Waals surface area contributed by atoms with E-state index < -0.39 is 6.09 Å². The summed E-state index contributed by atoms with van der Waals surface area (Å²) in [4.78, 5) is 44.7. The SMILES string of the molecule is CC.CCCn1c2c(c3cc(F)ccc31)C[C@@H](N)CC2.CCCn1c2c(c3cc(F)ccc31)C[C@@H](NC(=O)OCc1ccccc1)CC2.Cl.O=C=O.O=C=O.S.S. The van der Waals surface area contributed by atoms with E-state index in [9.17, 15) is 13.6 Å². The van der Waals surface area contributed by atoms with E-state index in [2.05, 4.69) is 28.3 Å². The van der Waals surface area contributed by atoms with Gasteiger partial charge in [-0.15, -0.1) is 12.4 Å². The number of fused-ring (bicyclic) bond motifs is 6. The molecule has 2 heterocycles. The molecule has 0 radical (unpaired) electrons. The summed E-state index contributed by atoms with van der Waals surface area (Å²) in [6.45, 7) is 10.5. The lowest BCUT2D eigenvalue weighted by molar-refractivity contribution is -0.193. The molecule has 2 aromatic heterocycles. The van der Waals surface area contributed by atoms with Crippen molar-refractivity contribution in [2.24, 2.45) is 5.73 Å². The minimum atomic E-state index is -0.402. The lowest BCUT2D eigenvalue weighted by atomic mass is 9.91. The van der Waals surface area contributed by atoms with Crippen LogP contribution in [0, 0.1) is 11.6 Å². The number of rotatable bonds is 7. The first-order chi connectivity index (χ1) is 26.2.